The second kappa shape index (κ2) is 4.24. The molecule has 0 spiro atoms. The van der Waals surface area contributed by atoms with Crippen LogP contribution in [0.2, 0.25) is 5.02 Å². The van der Waals surface area contributed by atoms with Crippen molar-refractivity contribution in [1.82, 2.24) is 0 Å². The molecule has 74 valence electrons. The zero-order valence-electron chi connectivity index (χ0n) is 7.58. The minimum atomic E-state index is -1.43. The molecule has 0 aliphatic heterocycles. The number of hydrogen-bond acceptors (Lipinski definition) is 2. The van der Waals surface area contributed by atoms with E-state index < -0.39 is 11.8 Å². The topological polar surface area (TPSA) is 54.4 Å². The quantitative estimate of drug-likeness (QED) is 0.778. The fraction of sp³-hybridized carbons (Fsp3) is 0.200. The van der Waals surface area contributed by atoms with Crippen LogP contribution in [0.4, 0.5) is 0 Å². The van der Waals surface area contributed by atoms with Crippen molar-refractivity contribution in [3.8, 4) is 0 Å². The van der Waals surface area contributed by atoms with Gasteiger partial charge in [0.1, 0.15) is 0 Å². The number of aryl methyl sites for hydroxylation is 1. The number of Topliss-reactive ketones (excluding diaryl/α,β-unsaturated/α-hetero) is 1. The SMILES string of the molecule is Cc1ccc(CC(=O)C(=O)O)c(Cl)c1. The number of ketones is 1. The lowest BCUT2D eigenvalue weighted by atomic mass is 10.1. The highest BCUT2D eigenvalue weighted by Gasteiger charge is 2.13. The first-order valence-electron chi connectivity index (χ1n) is 4.02. The maximum atomic E-state index is 10.9. The normalized spacial score (nSPS) is 9.86. The summed E-state index contributed by atoms with van der Waals surface area (Å²) in [7, 11) is 0. The van der Waals surface area contributed by atoms with Crippen LogP contribution < -0.4 is 0 Å². The van der Waals surface area contributed by atoms with Crippen molar-refractivity contribution in [2.75, 3.05) is 0 Å². The number of carbonyl (C=O) groups is 2. The zero-order valence-corrected chi connectivity index (χ0v) is 8.34. The summed E-state index contributed by atoms with van der Waals surface area (Å²) in [5.74, 6) is -2.28. The Labute approximate surface area is 86.3 Å². The van der Waals surface area contributed by atoms with Gasteiger partial charge in [-0.2, -0.15) is 0 Å². The lowest BCUT2D eigenvalue weighted by Gasteiger charge is -2.02. The van der Waals surface area contributed by atoms with Gasteiger partial charge in [-0.25, -0.2) is 4.79 Å². The molecule has 0 unspecified atom stereocenters. The molecule has 0 aliphatic rings. The molecular weight excluding hydrogens is 204 g/mol. The third-order valence-corrected chi connectivity index (χ3v) is 2.15. The van der Waals surface area contributed by atoms with Gasteiger partial charge in [-0.3, -0.25) is 4.79 Å². The van der Waals surface area contributed by atoms with Crippen LogP contribution in [0.5, 0.6) is 0 Å². The maximum Gasteiger partial charge on any atom is 0.372 e. The Morgan fingerprint density at radius 3 is 2.57 bits per heavy atom. The van der Waals surface area contributed by atoms with Crippen molar-refractivity contribution in [1.29, 1.82) is 0 Å². The van der Waals surface area contributed by atoms with Crippen molar-refractivity contribution in [2.45, 2.75) is 13.3 Å². The molecule has 0 bridgehead atoms. The van der Waals surface area contributed by atoms with Crippen LogP contribution in [-0.2, 0) is 16.0 Å². The number of rotatable bonds is 3. The molecule has 0 atom stereocenters. The summed E-state index contributed by atoms with van der Waals surface area (Å²) in [6.07, 6.45) is -0.158. The van der Waals surface area contributed by atoms with E-state index in [2.05, 4.69) is 0 Å². The Balaban J connectivity index is 2.87. The van der Waals surface area contributed by atoms with E-state index in [1.165, 1.54) is 0 Å². The van der Waals surface area contributed by atoms with E-state index in [-0.39, 0.29) is 6.42 Å². The van der Waals surface area contributed by atoms with Crippen LogP contribution in [0.1, 0.15) is 11.1 Å². The van der Waals surface area contributed by atoms with Crippen molar-refractivity contribution in [3.05, 3.63) is 34.3 Å². The molecule has 1 aromatic carbocycles. The molecule has 1 aromatic rings. The van der Waals surface area contributed by atoms with E-state index in [0.29, 0.717) is 10.6 Å². The van der Waals surface area contributed by atoms with Crippen LogP contribution in [0.3, 0.4) is 0 Å². The number of hydrogen-bond donors (Lipinski definition) is 1. The molecular formula is C10H9ClO3. The Bertz CT molecular complexity index is 385. The number of aliphatic carboxylic acids is 1. The Hall–Kier alpha value is -1.35. The molecule has 0 fully saturated rings. The average Bonchev–Trinajstić information content (AvgIpc) is 2.09. The molecule has 1 N–H and O–H groups in total. The van der Waals surface area contributed by atoms with Crippen molar-refractivity contribution >= 4 is 23.4 Å². The first-order chi connectivity index (χ1) is 6.50. The highest BCUT2D eigenvalue weighted by Crippen LogP contribution is 2.18. The van der Waals surface area contributed by atoms with Gasteiger partial charge in [0, 0.05) is 11.4 Å². The second-order valence-corrected chi connectivity index (χ2v) is 3.41. The van der Waals surface area contributed by atoms with E-state index in [1.54, 1.807) is 18.2 Å². The van der Waals surface area contributed by atoms with Gasteiger partial charge >= 0.3 is 5.97 Å². The summed E-state index contributed by atoms with van der Waals surface area (Å²) >= 11 is 5.83. The maximum absolute atomic E-state index is 10.9. The summed E-state index contributed by atoms with van der Waals surface area (Å²) < 4.78 is 0. The molecule has 0 amide bonds. The van der Waals surface area contributed by atoms with E-state index in [1.807, 2.05) is 6.92 Å². The molecule has 0 radical (unpaired) electrons. The van der Waals surface area contributed by atoms with E-state index in [4.69, 9.17) is 16.7 Å². The van der Waals surface area contributed by atoms with Gasteiger partial charge in [0.05, 0.1) is 0 Å². The number of benzene rings is 1. The minimum absolute atomic E-state index is 0.158. The lowest BCUT2D eigenvalue weighted by molar-refractivity contribution is -0.148. The van der Waals surface area contributed by atoms with Gasteiger partial charge in [-0.1, -0.05) is 23.7 Å². The molecule has 0 aromatic heterocycles. The summed E-state index contributed by atoms with van der Waals surface area (Å²) in [6.45, 7) is 1.87. The lowest BCUT2D eigenvalue weighted by Crippen LogP contribution is -2.15. The Morgan fingerprint density at radius 1 is 1.43 bits per heavy atom. The van der Waals surface area contributed by atoms with E-state index in [9.17, 15) is 9.59 Å². The first-order valence-corrected chi connectivity index (χ1v) is 4.39. The van der Waals surface area contributed by atoms with Crippen molar-refractivity contribution in [2.24, 2.45) is 0 Å². The van der Waals surface area contributed by atoms with Gasteiger partial charge in [-0.15, -0.1) is 0 Å². The van der Waals surface area contributed by atoms with Crippen molar-refractivity contribution < 1.29 is 14.7 Å². The number of halogens is 1. The number of carbonyl (C=O) groups excluding carboxylic acids is 1. The van der Waals surface area contributed by atoms with Crippen LogP contribution >= 0.6 is 11.6 Å². The van der Waals surface area contributed by atoms with Crippen LogP contribution in [0.15, 0.2) is 18.2 Å². The molecule has 0 aliphatic carbocycles. The summed E-state index contributed by atoms with van der Waals surface area (Å²) in [4.78, 5) is 21.2. The van der Waals surface area contributed by atoms with E-state index >= 15 is 0 Å². The largest absolute Gasteiger partial charge is 0.475 e. The average molecular weight is 213 g/mol. The highest BCUT2D eigenvalue weighted by atomic mass is 35.5. The molecule has 0 saturated heterocycles. The molecule has 0 heterocycles. The van der Waals surface area contributed by atoms with Gasteiger partial charge in [0.25, 0.3) is 0 Å². The van der Waals surface area contributed by atoms with Gasteiger partial charge < -0.3 is 5.11 Å². The molecule has 3 nitrogen and oxygen atoms in total. The second-order valence-electron chi connectivity index (χ2n) is 3.00. The van der Waals surface area contributed by atoms with Crippen LogP contribution in [0.25, 0.3) is 0 Å². The summed E-state index contributed by atoms with van der Waals surface area (Å²) in [5, 5.41) is 8.83. The van der Waals surface area contributed by atoms with Gasteiger partial charge in [-0.05, 0) is 24.1 Å². The number of carboxylic acid groups (broad SMARTS) is 1. The van der Waals surface area contributed by atoms with Crippen molar-refractivity contribution in [3.63, 3.8) is 0 Å². The molecule has 14 heavy (non-hydrogen) atoms. The van der Waals surface area contributed by atoms with Crippen LogP contribution in [-0.4, -0.2) is 16.9 Å². The monoisotopic (exact) mass is 212 g/mol. The minimum Gasteiger partial charge on any atom is -0.475 e. The third kappa shape index (κ3) is 2.57. The molecule has 0 saturated carbocycles. The fourth-order valence-electron chi connectivity index (χ4n) is 1.04. The predicted molar refractivity (Wildman–Crippen MR) is 52.5 cm³/mol. The Kier molecular flexibility index (Phi) is 3.25. The van der Waals surface area contributed by atoms with Gasteiger partial charge in [0.2, 0.25) is 5.78 Å². The van der Waals surface area contributed by atoms with E-state index in [0.717, 1.165) is 5.56 Å². The van der Waals surface area contributed by atoms with Crippen LogP contribution in [0, 0.1) is 6.92 Å². The highest BCUT2D eigenvalue weighted by molar-refractivity contribution is 6.35. The molecule has 1 rings (SSSR count). The summed E-state index contributed by atoms with van der Waals surface area (Å²) in [5.41, 5.74) is 1.52. The Morgan fingerprint density at radius 2 is 2.07 bits per heavy atom. The fourth-order valence-corrected chi connectivity index (χ4v) is 1.35. The standard InChI is InChI=1S/C10H9ClO3/c1-6-2-3-7(8(11)4-6)5-9(12)10(13)14/h2-4H,5H2,1H3,(H,13,14). The zero-order chi connectivity index (χ0) is 10.7. The smallest absolute Gasteiger partial charge is 0.372 e. The van der Waals surface area contributed by atoms with Gasteiger partial charge in [0.15, 0.2) is 0 Å². The third-order valence-electron chi connectivity index (χ3n) is 1.80. The predicted octanol–water partition coefficient (Wildman–Crippen LogP) is 1.84. The molecule has 4 heteroatoms. The summed E-state index contributed by atoms with van der Waals surface area (Å²) in [6, 6.07) is 5.15. The number of carboxylic acids is 1. The first kappa shape index (κ1) is 10.7.